The van der Waals surface area contributed by atoms with Crippen LogP contribution < -0.4 is 5.73 Å². The lowest BCUT2D eigenvalue weighted by atomic mass is 10.2. The van der Waals surface area contributed by atoms with E-state index in [4.69, 9.17) is 12.2 Å². The zero-order valence-electron chi connectivity index (χ0n) is 9.29. The predicted octanol–water partition coefficient (Wildman–Crippen LogP) is 2.87. The van der Waals surface area contributed by atoms with Gasteiger partial charge >= 0.3 is 0 Å². The molecule has 2 N–H and O–H groups in total. The van der Waals surface area contributed by atoms with Crippen LogP contribution in [0.5, 0.6) is 0 Å². The van der Waals surface area contributed by atoms with Gasteiger partial charge in [-0.25, -0.2) is 0 Å². The zero-order valence-corrected chi connectivity index (χ0v) is 10.9. The first-order chi connectivity index (χ1) is 7.63. The van der Waals surface area contributed by atoms with Crippen molar-refractivity contribution >= 4 is 29.3 Å². The van der Waals surface area contributed by atoms with Crippen LogP contribution in [0.25, 0.3) is 0 Å². The van der Waals surface area contributed by atoms with Gasteiger partial charge in [-0.2, -0.15) is 0 Å². The van der Waals surface area contributed by atoms with Crippen molar-refractivity contribution in [2.24, 2.45) is 5.73 Å². The van der Waals surface area contributed by atoms with Crippen molar-refractivity contribution in [3.63, 3.8) is 0 Å². The second kappa shape index (κ2) is 6.72. The highest BCUT2D eigenvalue weighted by atomic mass is 32.2. The third-order valence-electron chi connectivity index (χ3n) is 2.16. The number of allylic oxidation sites excluding steroid dienone is 2. The number of nitrogens with two attached hydrogens (primary N) is 1. The number of carbonyl (C=O) groups is 1. The van der Waals surface area contributed by atoms with Crippen LogP contribution in [0.2, 0.25) is 0 Å². The van der Waals surface area contributed by atoms with Gasteiger partial charge in [0.1, 0.15) is 0 Å². The fourth-order valence-corrected chi connectivity index (χ4v) is 3.23. The van der Waals surface area contributed by atoms with E-state index < -0.39 is 0 Å². The molecule has 1 heterocycles. The molecule has 0 atom stereocenters. The Kier molecular flexibility index (Phi) is 5.58. The van der Waals surface area contributed by atoms with E-state index in [0.29, 0.717) is 6.42 Å². The first-order valence-electron chi connectivity index (χ1n) is 5.09. The Morgan fingerprint density at radius 3 is 3.12 bits per heavy atom. The molecule has 0 saturated carbocycles. The summed E-state index contributed by atoms with van der Waals surface area (Å²) in [5.41, 5.74) is 7.08. The van der Waals surface area contributed by atoms with Gasteiger partial charge in [-0.05, 0) is 37.0 Å². The van der Waals surface area contributed by atoms with E-state index in [1.54, 1.807) is 23.5 Å². The fourth-order valence-electron chi connectivity index (χ4n) is 1.14. The highest BCUT2D eigenvalue weighted by molar-refractivity contribution is 8.24. The van der Waals surface area contributed by atoms with E-state index in [9.17, 15) is 4.79 Å². The largest absolute Gasteiger partial charge is 0.393 e. The Morgan fingerprint density at radius 1 is 1.75 bits per heavy atom. The second-order valence-corrected chi connectivity index (χ2v) is 5.97. The van der Waals surface area contributed by atoms with E-state index in [1.165, 1.54) is 9.81 Å². The number of thioether (sulfide) groups is 2. The van der Waals surface area contributed by atoms with Crippen molar-refractivity contribution in [3.05, 3.63) is 20.9 Å². The third kappa shape index (κ3) is 4.38. The summed E-state index contributed by atoms with van der Waals surface area (Å²) in [7, 11) is 0. The molecule has 0 aromatic heterocycles. The van der Waals surface area contributed by atoms with E-state index in [2.05, 4.69) is 12.0 Å². The normalized spacial score (nSPS) is 15.6. The fraction of sp³-hybridized carbons (Fsp3) is 0.417. The van der Waals surface area contributed by atoms with E-state index in [0.717, 1.165) is 23.6 Å². The number of carbonyl (C=O) groups excluding carboxylic acids is 1. The number of hydrogen-bond acceptors (Lipinski definition) is 4. The number of hydrogen-bond donors (Lipinski definition) is 1. The summed E-state index contributed by atoms with van der Waals surface area (Å²) < 4.78 is 1.23. The topological polar surface area (TPSA) is 43.1 Å². The number of rotatable bonds is 5. The van der Waals surface area contributed by atoms with Gasteiger partial charge in [0.15, 0.2) is 0 Å². The molecule has 0 fully saturated rings. The molecule has 86 valence electrons. The lowest BCUT2D eigenvalue weighted by Gasteiger charge is -2.14. The SMILES string of the molecule is C#CC(=O)CCCSC1=CCC(C)=C(N)S1. The molecule has 0 aliphatic carbocycles. The van der Waals surface area contributed by atoms with Crippen molar-refractivity contribution in [1.29, 1.82) is 0 Å². The summed E-state index contributed by atoms with van der Waals surface area (Å²) in [6.07, 6.45) is 9.41. The molecule has 0 radical (unpaired) electrons. The maximum atomic E-state index is 10.9. The van der Waals surface area contributed by atoms with Crippen LogP contribution in [0.3, 0.4) is 0 Å². The van der Waals surface area contributed by atoms with E-state index in [-0.39, 0.29) is 5.78 Å². The Morgan fingerprint density at radius 2 is 2.50 bits per heavy atom. The smallest absolute Gasteiger partial charge is 0.205 e. The zero-order chi connectivity index (χ0) is 12.0. The van der Waals surface area contributed by atoms with Gasteiger partial charge in [0.05, 0.1) is 5.03 Å². The molecule has 0 saturated heterocycles. The van der Waals surface area contributed by atoms with Crippen molar-refractivity contribution in [1.82, 2.24) is 0 Å². The van der Waals surface area contributed by atoms with Gasteiger partial charge in [-0.3, -0.25) is 4.79 Å². The average molecular weight is 253 g/mol. The molecule has 0 unspecified atom stereocenters. The quantitative estimate of drug-likeness (QED) is 0.465. The van der Waals surface area contributed by atoms with Crippen molar-refractivity contribution in [3.8, 4) is 12.3 Å². The molecular formula is C12H15NOS2. The molecule has 0 amide bonds. The molecule has 1 aliphatic rings. The maximum Gasteiger partial charge on any atom is 0.205 e. The minimum absolute atomic E-state index is 0.110. The van der Waals surface area contributed by atoms with Gasteiger partial charge in [0, 0.05) is 10.7 Å². The van der Waals surface area contributed by atoms with Gasteiger partial charge in [-0.15, -0.1) is 18.2 Å². The minimum atomic E-state index is -0.110. The van der Waals surface area contributed by atoms with E-state index in [1.807, 2.05) is 6.92 Å². The number of terminal acetylenes is 1. The Hall–Kier alpha value is -0.790. The summed E-state index contributed by atoms with van der Waals surface area (Å²) in [6, 6.07) is 0. The van der Waals surface area contributed by atoms with Gasteiger partial charge in [0.2, 0.25) is 5.78 Å². The van der Waals surface area contributed by atoms with Crippen LogP contribution in [0.1, 0.15) is 26.2 Å². The van der Waals surface area contributed by atoms with Crippen molar-refractivity contribution < 1.29 is 4.79 Å². The Balaban J connectivity index is 2.21. The Labute approximate surface area is 105 Å². The van der Waals surface area contributed by atoms with Crippen LogP contribution in [0.4, 0.5) is 0 Å². The summed E-state index contributed by atoms with van der Waals surface area (Å²) in [6.45, 7) is 2.05. The van der Waals surface area contributed by atoms with Crippen LogP contribution in [-0.2, 0) is 4.79 Å². The van der Waals surface area contributed by atoms with Crippen molar-refractivity contribution in [2.75, 3.05) is 5.75 Å². The molecule has 1 aliphatic heterocycles. The molecule has 0 aromatic carbocycles. The summed E-state index contributed by atoms with van der Waals surface area (Å²) >= 11 is 3.36. The summed E-state index contributed by atoms with van der Waals surface area (Å²) in [5.74, 6) is 2.93. The van der Waals surface area contributed by atoms with Gasteiger partial charge < -0.3 is 5.73 Å². The van der Waals surface area contributed by atoms with Crippen molar-refractivity contribution in [2.45, 2.75) is 26.2 Å². The summed E-state index contributed by atoms with van der Waals surface area (Å²) in [4.78, 5) is 10.9. The molecule has 1 rings (SSSR count). The van der Waals surface area contributed by atoms with Gasteiger partial charge in [0.25, 0.3) is 0 Å². The third-order valence-corrected chi connectivity index (χ3v) is 4.64. The van der Waals surface area contributed by atoms with Crippen LogP contribution >= 0.6 is 23.5 Å². The van der Waals surface area contributed by atoms with Gasteiger partial charge in [-0.1, -0.05) is 17.8 Å². The van der Waals surface area contributed by atoms with Crippen LogP contribution in [0.15, 0.2) is 20.9 Å². The number of ketones is 1. The number of Topliss-reactive ketones (excluding diaryl/α,β-unsaturated/α-hetero) is 1. The predicted molar refractivity (Wildman–Crippen MR) is 72.7 cm³/mol. The lowest BCUT2D eigenvalue weighted by Crippen LogP contribution is -2.00. The molecule has 0 bridgehead atoms. The first kappa shape index (κ1) is 13.3. The molecule has 0 aromatic rings. The minimum Gasteiger partial charge on any atom is -0.393 e. The molecule has 4 heteroatoms. The maximum absolute atomic E-state index is 10.9. The Bertz CT molecular complexity index is 377. The first-order valence-corrected chi connectivity index (χ1v) is 6.89. The highest BCUT2D eigenvalue weighted by Crippen LogP contribution is 2.38. The molecule has 2 nitrogen and oxygen atoms in total. The van der Waals surface area contributed by atoms with Crippen LogP contribution in [-0.4, -0.2) is 11.5 Å². The standard InChI is InChI=1S/C12H15NOS2/c1-3-10(14)5-4-8-15-11-7-6-9(2)12(13)16-11/h1,7H,4-6,8,13H2,2H3. The molecular weight excluding hydrogens is 238 g/mol. The monoisotopic (exact) mass is 253 g/mol. The highest BCUT2D eigenvalue weighted by Gasteiger charge is 2.09. The van der Waals surface area contributed by atoms with Crippen LogP contribution in [0, 0.1) is 12.3 Å². The van der Waals surface area contributed by atoms with E-state index >= 15 is 0 Å². The average Bonchev–Trinajstić information content (AvgIpc) is 2.28. The molecule has 0 spiro atoms. The lowest BCUT2D eigenvalue weighted by molar-refractivity contribution is -0.113. The summed E-state index contributed by atoms with van der Waals surface area (Å²) in [5, 5.41) is 0.907. The second-order valence-electron chi connectivity index (χ2n) is 3.49. The molecule has 16 heavy (non-hydrogen) atoms.